The molecule has 1 fully saturated rings. The molecule has 2 amide bonds. The molecule has 3 aromatic carbocycles. The number of carbonyl (C=O) groups excluding carboxylic acids is 4. The summed E-state index contributed by atoms with van der Waals surface area (Å²) in [6.07, 6.45) is 1.30. The van der Waals surface area contributed by atoms with Crippen molar-refractivity contribution in [2.24, 2.45) is 10.7 Å². The third kappa shape index (κ3) is 6.64. The summed E-state index contributed by atoms with van der Waals surface area (Å²) in [4.78, 5) is 62.8. The van der Waals surface area contributed by atoms with Crippen LogP contribution in [-0.2, 0) is 27.3 Å². The molecule has 4 aromatic rings. The van der Waals surface area contributed by atoms with Gasteiger partial charge in [-0.1, -0.05) is 60.7 Å². The minimum atomic E-state index is -1.18. The third-order valence-electron chi connectivity index (χ3n) is 8.97. The van der Waals surface area contributed by atoms with Crippen molar-refractivity contribution in [3.8, 4) is 0 Å². The highest BCUT2D eigenvalue weighted by atomic mass is 16.6. The van der Waals surface area contributed by atoms with Crippen LogP contribution in [0.2, 0.25) is 0 Å². The first-order valence-electron chi connectivity index (χ1n) is 16.4. The Kier molecular flexibility index (Phi) is 9.77. The van der Waals surface area contributed by atoms with Crippen LogP contribution in [0.1, 0.15) is 53.0 Å². The number of ether oxygens (including phenoxy) is 2. The van der Waals surface area contributed by atoms with Gasteiger partial charge >= 0.3 is 12.1 Å². The summed E-state index contributed by atoms with van der Waals surface area (Å²) < 4.78 is 12.3. The molecule has 2 aliphatic heterocycles. The number of aromatic nitrogens is 1. The second-order valence-electron chi connectivity index (χ2n) is 12.3. The first-order chi connectivity index (χ1) is 23.7. The van der Waals surface area contributed by atoms with Crippen molar-refractivity contribution < 1.29 is 28.7 Å². The van der Waals surface area contributed by atoms with E-state index >= 15 is 0 Å². The SMILES string of the molecule is COC(=O)[C@@H](Cc1c2n(c3ccccc13)C(=O)[C@H](C)N2C(=O)OCc1ccccc1)NC(=O)c1ccccc1N=C([C@H](C)N)N1CCCC1. The molecule has 0 spiro atoms. The molecule has 0 radical (unpaired) electrons. The number of hydrogen-bond donors (Lipinski definition) is 2. The highest BCUT2D eigenvalue weighted by molar-refractivity contribution is 6.13. The van der Waals surface area contributed by atoms with Crippen molar-refractivity contribution in [2.45, 2.75) is 57.8 Å². The fourth-order valence-electron chi connectivity index (χ4n) is 6.55. The number of rotatable bonds is 9. The number of anilines is 1. The Balaban J connectivity index is 1.34. The Morgan fingerprint density at radius 3 is 2.37 bits per heavy atom. The van der Waals surface area contributed by atoms with E-state index in [9.17, 15) is 19.2 Å². The maximum Gasteiger partial charge on any atom is 0.416 e. The number of nitrogens with one attached hydrogen (secondary N) is 1. The van der Waals surface area contributed by atoms with E-state index in [-0.39, 0.29) is 36.4 Å². The summed E-state index contributed by atoms with van der Waals surface area (Å²) in [6, 6.07) is 20.9. The predicted molar refractivity (Wildman–Crippen MR) is 186 cm³/mol. The molecule has 3 atom stereocenters. The smallest absolute Gasteiger partial charge is 0.416 e. The number of carbonyl (C=O) groups is 4. The summed E-state index contributed by atoms with van der Waals surface area (Å²) in [5, 5.41) is 3.50. The molecule has 254 valence electrons. The monoisotopic (exact) mass is 664 g/mol. The molecule has 12 nitrogen and oxygen atoms in total. The lowest BCUT2D eigenvalue weighted by atomic mass is 10.0. The summed E-state index contributed by atoms with van der Waals surface area (Å²) in [5.41, 5.74) is 8.86. The molecule has 2 aliphatic rings. The van der Waals surface area contributed by atoms with Crippen LogP contribution in [0.4, 0.5) is 16.3 Å². The molecule has 1 aromatic heterocycles. The van der Waals surface area contributed by atoms with E-state index in [1.807, 2.05) is 49.4 Å². The third-order valence-corrected chi connectivity index (χ3v) is 8.97. The molecule has 3 heterocycles. The molecule has 12 heteroatoms. The zero-order valence-corrected chi connectivity index (χ0v) is 27.8. The lowest BCUT2D eigenvalue weighted by molar-refractivity contribution is -0.142. The predicted octanol–water partition coefficient (Wildman–Crippen LogP) is 4.81. The Morgan fingerprint density at radius 1 is 0.980 bits per heavy atom. The van der Waals surface area contributed by atoms with Crippen LogP contribution in [0, 0.1) is 0 Å². The van der Waals surface area contributed by atoms with Gasteiger partial charge in [0.15, 0.2) is 0 Å². The van der Waals surface area contributed by atoms with Crippen LogP contribution in [0.25, 0.3) is 10.9 Å². The van der Waals surface area contributed by atoms with Gasteiger partial charge in [-0.05, 0) is 50.5 Å². The highest BCUT2D eigenvalue weighted by Crippen LogP contribution is 2.40. The van der Waals surface area contributed by atoms with Crippen molar-refractivity contribution in [2.75, 3.05) is 25.1 Å². The molecule has 0 aliphatic carbocycles. The van der Waals surface area contributed by atoms with E-state index in [1.165, 1.54) is 16.6 Å². The number of likely N-dealkylation sites (tertiary alicyclic amines) is 1. The second kappa shape index (κ2) is 14.3. The van der Waals surface area contributed by atoms with Crippen molar-refractivity contribution in [3.05, 3.63) is 95.6 Å². The van der Waals surface area contributed by atoms with Gasteiger partial charge in [0.2, 0.25) is 0 Å². The van der Waals surface area contributed by atoms with E-state index in [1.54, 1.807) is 43.3 Å². The van der Waals surface area contributed by atoms with Gasteiger partial charge in [0, 0.05) is 30.5 Å². The second-order valence-corrected chi connectivity index (χ2v) is 12.3. The number of aliphatic imine (C=N–C) groups is 1. The number of fused-ring (bicyclic) bond motifs is 3. The topological polar surface area (TPSA) is 149 Å². The minimum Gasteiger partial charge on any atom is -0.467 e. The van der Waals surface area contributed by atoms with Crippen LogP contribution in [0.3, 0.4) is 0 Å². The van der Waals surface area contributed by atoms with Gasteiger partial charge in [-0.15, -0.1) is 0 Å². The van der Waals surface area contributed by atoms with Gasteiger partial charge in [0.1, 0.15) is 30.3 Å². The van der Waals surface area contributed by atoms with E-state index in [0.717, 1.165) is 31.5 Å². The molecule has 6 rings (SSSR count). The van der Waals surface area contributed by atoms with Crippen molar-refractivity contribution in [1.82, 2.24) is 14.8 Å². The molecule has 3 N–H and O–H groups in total. The van der Waals surface area contributed by atoms with Crippen LogP contribution in [0.5, 0.6) is 0 Å². The highest BCUT2D eigenvalue weighted by Gasteiger charge is 2.43. The fourth-order valence-corrected chi connectivity index (χ4v) is 6.55. The van der Waals surface area contributed by atoms with Crippen molar-refractivity contribution in [3.63, 3.8) is 0 Å². The lowest BCUT2D eigenvalue weighted by Gasteiger charge is -2.24. The van der Waals surface area contributed by atoms with Gasteiger partial charge < -0.3 is 25.4 Å². The number of nitrogens with two attached hydrogens (primary N) is 1. The summed E-state index contributed by atoms with van der Waals surface area (Å²) in [7, 11) is 1.24. The van der Waals surface area contributed by atoms with Gasteiger partial charge in [-0.3, -0.25) is 19.1 Å². The van der Waals surface area contributed by atoms with Gasteiger partial charge in [-0.2, -0.15) is 0 Å². The fraction of sp³-hybridized carbons (Fsp3) is 0.324. The summed E-state index contributed by atoms with van der Waals surface area (Å²) >= 11 is 0. The number of benzene rings is 3. The van der Waals surface area contributed by atoms with Crippen LogP contribution in [0.15, 0.2) is 83.9 Å². The summed E-state index contributed by atoms with van der Waals surface area (Å²) in [6.45, 7) is 5.19. The first-order valence-corrected chi connectivity index (χ1v) is 16.4. The minimum absolute atomic E-state index is 0.0117. The van der Waals surface area contributed by atoms with Gasteiger partial charge in [0.05, 0.1) is 29.9 Å². The van der Waals surface area contributed by atoms with E-state index in [0.29, 0.717) is 28.0 Å². The van der Waals surface area contributed by atoms with E-state index in [4.69, 9.17) is 20.2 Å². The normalized spacial score (nSPS) is 17.2. The standard InChI is InChI=1S/C37H40N6O6/c1-23(38)32(41-19-11-12-20-41)39-29-17-9-7-16-27(29)33(44)40-30(36(46)48-3)21-28-26-15-8-10-18-31(26)43-34(28)42(24(2)35(43)45)37(47)49-22-25-13-5-4-6-14-25/h4-10,13-18,23-24,30H,11-12,19-22,38H2,1-3H3,(H,40,44)/t23-,24-,30+/m0/s1. The van der Waals surface area contributed by atoms with E-state index in [2.05, 4.69) is 10.2 Å². The quantitative estimate of drug-likeness (QED) is 0.147. The summed E-state index contributed by atoms with van der Waals surface area (Å²) in [5.74, 6) is -0.568. The number of para-hydroxylation sites is 2. The number of amidine groups is 1. The largest absolute Gasteiger partial charge is 0.467 e. The first kappa shape index (κ1) is 33.4. The Labute approximate surface area is 284 Å². The molecular formula is C37H40N6O6. The molecule has 0 bridgehead atoms. The Morgan fingerprint density at radius 2 is 1.65 bits per heavy atom. The molecule has 0 saturated carbocycles. The van der Waals surface area contributed by atoms with Crippen LogP contribution < -0.4 is 16.0 Å². The number of esters is 1. The van der Waals surface area contributed by atoms with Crippen LogP contribution >= 0.6 is 0 Å². The van der Waals surface area contributed by atoms with E-state index < -0.39 is 30.1 Å². The number of nitrogens with zero attached hydrogens (tertiary/aromatic N) is 4. The van der Waals surface area contributed by atoms with Crippen molar-refractivity contribution in [1.29, 1.82) is 0 Å². The van der Waals surface area contributed by atoms with Gasteiger partial charge in [-0.25, -0.2) is 14.6 Å². The molecule has 0 unspecified atom stereocenters. The Hall–Kier alpha value is -5.49. The Bertz CT molecular complexity index is 1910. The zero-order chi connectivity index (χ0) is 34.7. The van der Waals surface area contributed by atoms with Crippen molar-refractivity contribution >= 4 is 52.1 Å². The average molecular weight is 665 g/mol. The maximum atomic E-state index is 13.9. The average Bonchev–Trinajstić information content (AvgIpc) is 3.82. The maximum absolute atomic E-state index is 13.9. The molecule has 49 heavy (non-hydrogen) atoms. The number of hydrogen-bond acceptors (Lipinski definition) is 8. The molecular weight excluding hydrogens is 624 g/mol. The number of methoxy groups -OCH3 is 1. The zero-order valence-electron chi connectivity index (χ0n) is 27.8. The number of amides is 2. The lowest BCUT2D eigenvalue weighted by Crippen LogP contribution is -2.44. The van der Waals surface area contributed by atoms with Gasteiger partial charge in [0.25, 0.3) is 11.8 Å². The molecule has 1 saturated heterocycles. The van der Waals surface area contributed by atoms with Crippen LogP contribution in [-0.4, -0.2) is 77.5 Å².